The van der Waals surface area contributed by atoms with E-state index in [1.807, 2.05) is 54.6 Å². The summed E-state index contributed by atoms with van der Waals surface area (Å²) in [5.74, 6) is 1.12. The van der Waals surface area contributed by atoms with E-state index in [9.17, 15) is 9.59 Å². The molecule has 1 aromatic heterocycles. The minimum atomic E-state index is -0.320. The molecule has 13 aromatic rings. The number of nitrogens with zero attached hydrogens (tertiary/aromatic N) is 4. The summed E-state index contributed by atoms with van der Waals surface area (Å²) in [6.45, 7) is 2.15. The second-order valence-electron chi connectivity index (χ2n) is 22.1. The van der Waals surface area contributed by atoms with Crippen LogP contribution in [0.3, 0.4) is 0 Å². The first kappa shape index (κ1) is 52.2. The van der Waals surface area contributed by atoms with E-state index >= 15 is 0 Å². The van der Waals surface area contributed by atoms with Gasteiger partial charge in [-0.05, 0) is 145 Å². The molecule has 6 nitrogen and oxygen atoms in total. The lowest BCUT2D eigenvalue weighted by atomic mass is 9.91. The zero-order chi connectivity index (χ0) is 58.4. The Morgan fingerprint density at radius 2 is 0.598 bits per heavy atom. The molecule has 1 aliphatic carbocycles. The first-order valence-corrected chi connectivity index (χ1v) is 29.3. The molecular formula is C81H54N4O2. The molecule has 87 heavy (non-hydrogen) atoms. The van der Waals surface area contributed by atoms with Gasteiger partial charge in [-0.3, -0.25) is 19.4 Å². The molecule has 0 unspecified atom stereocenters. The highest BCUT2D eigenvalue weighted by molar-refractivity contribution is 6.39. The van der Waals surface area contributed by atoms with Crippen LogP contribution < -0.4 is 9.80 Å². The third-order valence-electron chi connectivity index (χ3n) is 16.6. The van der Waals surface area contributed by atoms with E-state index in [1.54, 1.807) is 30.3 Å². The molecule has 0 saturated heterocycles. The average Bonchev–Trinajstić information content (AvgIpc) is 1.79. The number of carbonyl (C=O) groups excluding carboxylic acids is 2. The summed E-state index contributed by atoms with van der Waals surface area (Å²) in [7, 11) is 0. The number of hydrogen-bond donors (Lipinski definition) is 0. The molecule has 0 N–H and O–H groups in total. The predicted molar refractivity (Wildman–Crippen MR) is 356 cm³/mol. The summed E-state index contributed by atoms with van der Waals surface area (Å²) in [4.78, 5) is 44.7. The Bertz CT molecular complexity index is 4610. The smallest absolute Gasteiger partial charge is 0.197 e. The Labute approximate surface area is 505 Å². The number of benzene rings is 12. The van der Waals surface area contributed by atoms with Gasteiger partial charge in [0.25, 0.3) is 0 Å². The predicted octanol–water partition coefficient (Wildman–Crippen LogP) is 20.4. The van der Waals surface area contributed by atoms with E-state index < -0.39 is 0 Å². The van der Waals surface area contributed by atoms with E-state index in [-0.39, 0.29) is 17.1 Å². The zero-order valence-electron chi connectivity index (χ0n) is 47.6. The van der Waals surface area contributed by atoms with E-state index in [2.05, 4.69) is 241 Å². The largest absolute Gasteiger partial charge is 0.288 e. The van der Waals surface area contributed by atoms with Crippen LogP contribution in [0.5, 0.6) is 0 Å². The molecule has 0 radical (unpaired) electrons. The minimum absolute atomic E-state index is 0.0782. The van der Waals surface area contributed by atoms with Crippen LogP contribution in [0.2, 0.25) is 0 Å². The van der Waals surface area contributed by atoms with Crippen LogP contribution in [0.1, 0.15) is 26.3 Å². The average molecular weight is 1120 g/mol. The number of aryl methyl sites for hydroxylation is 1. The van der Waals surface area contributed by atoms with Crippen LogP contribution in [-0.4, -0.2) is 21.5 Å². The van der Waals surface area contributed by atoms with Crippen LogP contribution >= 0.6 is 0 Å². The van der Waals surface area contributed by atoms with Gasteiger partial charge >= 0.3 is 0 Å². The lowest BCUT2D eigenvalue weighted by molar-refractivity contribution is 0.0988. The van der Waals surface area contributed by atoms with Crippen LogP contribution in [0.15, 0.2) is 321 Å². The monoisotopic (exact) mass is 1110 g/mol. The molecule has 0 atom stereocenters. The molecular weight excluding hydrogens is 1060 g/mol. The van der Waals surface area contributed by atoms with Crippen LogP contribution in [0.4, 0.5) is 23.0 Å². The summed E-state index contributed by atoms with van der Waals surface area (Å²) < 4.78 is 0. The molecule has 6 heteroatoms. The number of hydrogen-bond acceptors (Lipinski definition) is 6. The van der Waals surface area contributed by atoms with Crippen molar-refractivity contribution in [2.75, 3.05) is 9.80 Å². The first-order valence-electron chi connectivity index (χ1n) is 29.3. The Hall–Kier alpha value is -11.6. The third-order valence-corrected chi connectivity index (χ3v) is 16.6. The molecule has 0 fully saturated rings. The second-order valence-corrected chi connectivity index (χ2v) is 22.1. The summed E-state index contributed by atoms with van der Waals surface area (Å²) in [6, 6.07) is 103. The lowest BCUT2D eigenvalue weighted by Crippen LogP contribution is -2.23. The highest BCUT2D eigenvalue weighted by Crippen LogP contribution is 2.55. The maximum absolute atomic E-state index is 14.5. The normalized spacial score (nSPS) is 13.1. The van der Waals surface area contributed by atoms with Gasteiger partial charge in [0.15, 0.2) is 23.2 Å². The first-order chi connectivity index (χ1) is 42.9. The molecule has 12 aromatic carbocycles. The van der Waals surface area contributed by atoms with Gasteiger partial charge in [0.05, 0.1) is 28.0 Å². The van der Waals surface area contributed by atoms with E-state index in [1.165, 1.54) is 0 Å². The Balaban J connectivity index is 1.00. The number of aromatic nitrogens is 2. The van der Waals surface area contributed by atoms with Crippen LogP contribution in [-0.2, 0) is 0 Å². The number of carbonyl (C=O) groups is 2. The van der Waals surface area contributed by atoms with Gasteiger partial charge in [-0.1, -0.05) is 255 Å². The van der Waals surface area contributed by atoms with Gasteiger partial charge in [-0.15, -0.1) is 0 Å². The number of anilines is 4. The van der Waals surface area contributed by atoms with Gasteiger partial charge in [-0.25, -0.2) is 9.97 Å². The van der Waals surface area contributed by atoms with E-state index in [4.69, 9.17) is 9.97 Å². The zero-order valence-corrected chi connectivity index (χ0v) is 47.6. The van der Waals surface area contributed by atoms with Crippen molar-refractivity contribution in [3.63, 3.8) is 0 Å². The highest BCUT2D eigenvalue weighted by Gasteiger charge is 2.40. The molecule has 0 amide bonds. The highest BCUT2D eigenvalue weighted by atomic mass is 16.2. The number of rotatable bonds is 11. The minimum Gasteiger partial charge on any atom is -0.288 e. The molecule has 0 spiro atoms. The fraction of sp³-hybridized carbons (Fsp3) is 0.0123. The fourth-order valence-electron chi connectivity index (χ4n) is 12.3. The van der Waals surface area contributed by atoms with Gasteiger partial charge < -0.3 is 0 Å². The molecule has 0 bridgehead atoms. The second kappa shape index (κ2) is 22.2. The fourth-order valence-corrected chi connectivity index (χ4v) is 12.3. The van der Waals surface area contributed by atoms with Crippen molar-refractivity contribution >= 4 is 45.6 Å². The number of ketones is 2. The maximum Gasteiger partial charge on any atom is 0.197 e. The summed E-state index contributed by atoms with van der Waals surface area (Å²) in [5, 5.41) is 0. The maximum atomic E-state index is 14.5. The van der Waals surface area contributed by atoms with Gasteiger partial charge in [0.1, 0.15) is 5.82 Å². The Morgan fingerprint density at radius 3 is 0.977 bits per heavy atom. The number of Topliss-reactive ketones (excluding diaryl/α,β-unsaturated/α-hetero) is 2. The summed E-state index contributed by atoms with van der Waals surface area (Å²) >= 11 is 0. The Kier molecular flexibility index (Phi) is 13.3. The molecule has 1 aliphatic heterocycles. The van der Waals surface area contributed by atoms with E-state index in [0.29, 0.717) is 39.6 Å². The molecule has 2 heterocycles. The van der Waals surface area contributed by atoms with Crippen molar-refractivity contribution in [1.82, 2.24) is 9.97 Å². The standard InChI is InChI=1S/C81H54N4O2/c1-53-48-72(64-42-38-60(39-43-64)56-22-10-4-11-23-56)77(73(49-53)65-44-40-61(41-45-65)57-24-12-5-13-25-57)85-76(47-46-71-78(86)69-26-14-15-27-70(69)79(71)87)84(80-81(85)83-75-29-17-16-28-74(75)82-80)68-51-66(62-34-30-58(31-35-62)54-18-6-2-7-19-54)50-67(52-68)63-36-32-59(33-37-63)55-20-8-3-9-21-55/h2-52H,1H3/b76-47+. The van der Waals surface area contributed by atoms with Gasteiger partial charge in [0.2, 0.25) is 0 Å². The van der Waals surface area contributed by atoms with Crippen LogP contribution in [0, 0.1) is 6.92 Å². The van der Waals surface area contributed by atoms with Crippen molar-refractivity contribution in [2.45, 2.75) is 6.92 Å². The SMILES string of the molecule is Cc1cc(-c2ccc(-c3ccccc3)cc2)c(N2/C(=C/C=C3C(=O)c4ccccc4C3=O)N(c3cc(-c4ccc(-c5ccccc5)cc4)cc(-c4ccc(-c5ccccc5)cc4)c3)c3nc4ccccc4nc32)c(-c2ccc(-c3ccccc3)cc2)c1. The van der Waals surface area contributed by atoms with E-state index in [0.717, 1.165) is 106 Å². The molecule has 2 aliphatic rings. The van der Waals surface area contributed by atoms with Crippen LogP contribution in [0.25, 0.3) is 100 Å². The molecule has 0 saturated carbocycles. The van der Waals surface area contributed by atoms with Crippen molar-refractivity contribution in [2.24, 2.45) is 0 Å². The lowest BCUT2D eigenvalue weighted by Gasteiger charge is -2.29. The van der Waals surface area contributed by atoms with Gasteiger partial charge in [-0.2, -0.15) is 0 Å². The van der Waals surface area contributed by atoms with Crippen molar-refractivity contribution in [3.8, 4) is 89.0 Å². The van der Waals surface area contributed by atoms with Crippen molar-refractivity contribution in [3.05, 3.63) is 337 Å². The number of para-hydroxylation sites is 2. The number of fused-ring (bicyclic) bond motifs is 3. The summed E-state index contributed by atoms with van der Waals surface area (Å²) in [5.41, 5.74) is 21.8. The number of allylic oxidation sites excluding steroid dienone is 3. The van der Waals surface area contributed by atoms with Crippen molar-refractivity contribution < 1.29 is 9.59 Å². The molecule has 15 rings (SSSR count). The van der Waals surface area contributed by atoms with Gasteiger partial charge in [0, 0.05) is 22.3 Å². The summed E-state index contributed by atoms with van der Waals surface area (Å²) in [6.07, 6.45) is 3.63. The quantitative estimate of drug-likeness (QED) is 0.0950. The Morgan fingerprint density at radius 1 is 0.287 bits per heavy atom. The molecule has 410 valence electrons. The topological polar surface area (TPSA) is 66.4 Å². The third kappa shape index (κ3) is 9.81. The van der Waals surface area contributed by atoms with Crippen molar-refractivity contribution in [1.29, 1.82) is 0 Å².